The van der Waals surface area contributed by atoms with Crippen LogP contribution in [0.3, 0.4) is 0 Å². The SMILES string of the molecule is [CH2-]P(C)CCCCCCCCCCCC. The Kier molecular flexibility index (Phi) is 12.9. The summed E-state index contributed by atoms with van der Waals surface area (Å²) in [5.41, 5.74) is 0. The van der Waals surface area contributed by atoms with Crippen LogP contribution in [0, 0.1) is 6.66 Å². The molecule has 0 aromatic carbocycles. The Bertz CT molecular complexity index is 110. The normalized spacial score (nSPS) is 13.0. The minimum atomic E-state index is 0.115. The molecule has 1 heteroatoms. The number of unbranched alkanes of at least 4 members (excludes halogenated alkanes) is 9. The van der Waals surface area contributed by atoms with Gasteiger partial charge in [-0.3, -0.25) is 7.92 Å². The van der Waals surface area contributed by atoms with Crippen molar-refractivity contribution >= 4 is 7.92 Å². The minimum Gasteiger partial charge on any atom is -0.317 e. The lowest BCUT2D eigenvalue weighted by Crippen LogP contribution is -1.84. The Morgan fingerprint density at radius 3 is 1.53 bits per heavy atom. The van der Waals surface area contributed by atoms with E-state index in [1.807, 2.05) is 0 Å². The van der Waals surface area contributed by atoms with Crippen molar-refractivity contribution in [2.45, 2.75) is 71.1 Å². The van der Waals surface area contributed by atoms with Gasteiger partial charge in [-0.1, -0.05) is 84.0 Å². The summed E-state index contributed by atoms with van der Waals surface area (Å²) in [5.74, 6) is 0. The topological polar surface area (TPSA) is 0 Å². The van der Waals surface area contributed by atoms with Crippen molar-refractivity contribution in [3.05, 3.63) is 6.66 Å². The average Bonchev–Trinajstić information content (AvgIpc) is 2.20. The Balaban J connectivity index is 2.87. The zero-order valence-electron chi connectivity index (χ0n) is 10.9. The third-order valence-corrected chi connectivity index (χ3v) is 3.97. The first-order valence-electron chi connectivity index (χ1n) is 6.79. The highest BCUT2D eigenvalue weighted by Crippen LogP contribution is 2.28. The molecule has 0 fully saturated rings. The first-order chi connectivity index (χ1) is 7.27. The van der Waals surface area contributed by atoms with Crippen molar-refractivity contribution in [1.29, 1.82) is 0 Å². The van der Waals surface area contributed by atoms with E-state index in [9.17, 15) is 0 Å². The molecule has 0 N–H and O–H groups in total. The fourth-order valence-corrected chi connectivity index (χ4v) is 2.63. The van der Waals surface area contributed by atoms with Gasteiger partial charge in [0.25, 0.3) is 0 Å². The monoisotopic (exact) mass is 229 g/mol. The molecule has 0 saturated heterocycles. The molecule has 0 saturated carbocycles. The molecule has 0 rings (SSSR count). The van der Waals surface area contributed by atoms with Gasteiger partial charge in [0, 0.05) is 0 Å². The Morgan fingerprint density at radius 2 is 1.13 bits per heavy atom. The quantitative estimate of drug-likeness (QED) is 0.238. The summed E-state index contributed by atoms with van der Waals surface area (Å²) >= 11 is 0. The highest BCUT2D eigenvalue weighted by molar-refractivity contribution is 7.58. The van der Waals surface area contributed by atoms with Crippen LogP contribution < -0.4 is 0 Å². The van der Waals surface area contributed by atoms with Crippen molar-refractivity contribution in [2.75, 3.05) is 12.8 Å². The van der Waals surface area contributed by atoms with Crippen LogP contribution in [0.1, 0.15) is 71.1 Å². The molecule has 0 aliphatic carbocycles. The molecule has 0 bridgehead atoms. The molecular formula is C14H30P-. The maximum absolute atomic E-state index is 4.08. The van der Waals surface area contributed by atoms with Crippen LogP contribution in [0.15, 0.2) is 0 Å². The predicted octanol–water partition coefficient (Wildman–Crippen LogP) is 5.81. The molecule has 0 radical (unpaired) electrons. The van der Waals surface area contributed by atoms with E-state index in [1.165, 1.54) is 70.4 Å². The van der Waals surface area contributed by atoms with E-state index in [4.69, 9.17) is 0 Å². The van der Waals surface area contributed by atoms with Gasteiger partial charge in [-0.2, -0.15) is 0 Å². The first-order valence-corrected chi connectivity index (χ1v) is 8.95. The van der Waals surface area contributed by atoms with Gasteiger partial charge in [0.1, 0.15) is 0 Å². The summed E-state index contributed by atoms with van der Waals surface area (Å²) in [6, 6.07) is 0. The molecule has 15 heavy (non-hydrogen) atoms. The Morgan fingerprint density at radius 1 is 0.733 bits per heavy atom. The molecule has 92 valence electrons. The Labute approximate surface area is 99.0 Å². The minimum absolute atomic E-state index is 0.115. The summed E-state index contributed by atoms with van der Waals surface area (Å²) in [7, 11) is 0.115. The zero-order valence-corrected chi connectivity index (χ0v) is 11.8. The molecule has 1 atom stereocenters. The van der Waals surface area contributed by atoms with E-state index in [2.05, 4.69) is 20.3 Å². The molecular weight excluding hydrogens is 199 g/mol. The second-order valence-corrected chi connectivity index (χ2v) is 6.92. The van der Waals surface area contributed by atoms with Crippen LogP contribution in [0.2, 0.25) is 0 Å². The molecule has 0 aromatic rings. The van der Waals surface area contributed by atoms with E-state index < -0.39 is 0 Å². The van der Waals surface area contributed by atoms with Gasteiger partial charge < -0.3 is 6.66 Å². The van der Waals surface area contributed by atoms with Crippen molar-refractivity contribution in [2.24, 2.45) is 0 Å². The van der Waals surface area contributed by atoms with Crippen LogP contribution in [0.4, 0.5) is 0 Å². The second kappa shape index (κ2) is 12.5. The maximum Gasteiger partial charge on any atom is -0.0518 e. The summed E-state index contributed by atoms with van der Waals surface area (Å²) in [6.45, 7) is 8.64. The Hall–Kier alpha value is 0.430. The molecule has 1 unspecified atom stereocenters. The fraction of sp³-hybridized carbons (Fsp3) is 0.929. The summed E-state index contributed by atoms with van der Waals surface area (Å²) in [4.78, 5) is 0. The lowest BCUT2D eigenvalue weighted by atomic mass is 10.1. The van der Waals surface area contributed by atoms with Crippen LogP contribution in [0.25, 0.3) is 0 Å². The first kappa shape index (κ1) is 15.4. The third-order valence-electron chi connectivity index (χ3n) is 2.89. The van der Waals surface area contributed by atoms with Gasteiger partial charge >= 0.3 is 0 Å². The van der Waals surface area contributed by atoms with Gasteiger partial charge in [0.2, 0.25) is 0 Å². The van der Waals surface area contributed by atoms with E-state index in [0.29, 0.717) is 0 Å². The lowest BCUT2D eigenvalue weighted by Gasteiger charge is -2.11. The molecule has 0 nitrogen and oxygen atoms in total. The zero-order chi connectivity index (χ0) is 11.4. The van der Waals surface area contributed by atoms with Crippen molar-refractivity contribution in [3.8, 4) is 0 Å². The fourth-order valence-electron chi connectivity index (χ4n) is 1.87. The van der Waals surface area contributed by atoms with Crippen molar-refractivity contribution < 1.29 is 0 Å². The third kappa shape index (κ3) is 14.4. The van der Waals surface area contributed by atoms with Crippen molar-refractivity contribution in [3.63, 3.8) is 0 Å². The van der Waals surface area contributed by atoms with Crippen LogP contribution in [-0.2, 0) is 0 Å². The van der Waals surface area contributed by atoms with E-state index in [-0.39, 0.29) is 7.92 Å². The van der Waals surface area contributed by atoms with Gasteiger partial charge in [-0.25, -0.2) is 0 Å². The van der Waals surface area contributed by atoms with E-state index in [0.717, 1.165) is 0 Å². The molecule has 0 amide bonds. The summed E-state index contributed by atoms with van der Waals surface area (Å²) in [5, 5.41) is 0. The highest BCUT2D eigenvalue weighted by atomic mass is 31.1. The number of hydrogen-bond donors (Lipinski definition) is 0. The molecule has 0 aliphatic heterocycles. The van der Waals surface area contributed by atoms with Crippen LogP contribution >= 0.6 is 7.92 Å². The standard InChI is InChI=1S/C14H30P/c1-4-5-6-7-8-9-10-11-12-13-14-15(2)3/h2,4-14H2,1,3H3/q-1. The van der Waals surface area contributed by atoms with Gasteiger partial charge in [0.15, 0.2) is 0 Å². The summed E-state index contributed by atoms with van der Waals surface area (Å²) in [6.07, 6.45) is 15.8. The number of hydrogen-bond acceptors (Lipinski definition) is 0. The number of rotatable bonds is 11. The predicted molar refractivity (Wildman–Crippen MR) is 74.9 cm³/mol. The van der Waals surface area contributed by atoms with Gasteiger partial charge in [-0.05, 0) is 0 Å². The van der Waals surface area contributed by atoms with E-state index >= 15 is 0 Å². The molecule has 0 aromatic heterocycles. The largest absolute Gasteiger partial charge is 0.317 e. The molecule has 0 heterocycles. The van der Waals surface area contributed by atoms with Crippen molar-refractivity contribution in [1.82, 2.24) is 0 Å². The highest BCUT2D eigenvalue weighted by Gasteiger charge is 1.92. The molecule has 0 spiro atoms. The van der Waals surface area contributed by atoms with Crippen LogP contribution in [0.5, 0.6) is 0 Å². The second-order valence-electron chi connectivity index (χ2n) is 4.76. The maximum atomic E-state index is 4.08. The summed E-state index contributed by atoms with van der Waals surface area (Å²) < 4.78 is 0. The van der Waals surface area contributed by atoms with Gasteiger partial charge in [-0.15, -0.1) is 0 Å². The van der Waals surface area contributed by atoms with E-state index in [1.54, 1.807) is 0 Å². The smallest absolute Gasteiger partial charge is 0.0518 e. The lowest BCUT2D eigenvalue weighted by molar-refractivity contribution is 0.563. The van der Waals surface area contributed by atoms with Crippen LogP contribution in [-0.4, -0.2) is 12.8 Å². The van der Waals surface area contributed by atoms with Gasteiger partial charge in [0.05, 0.1) is 0 Å². The molecule has 0 aliphatic rings. The average molecular weight is 229 g/mol.